The van der Waals surface area contributed by atoms with Gasteiger partial charge in [-0.25, -0.2) is 0 Å². The minimum absolute atomic E-state index is 0.302. The molecule has 1 aromatic heterocycles. The Kier molecular flexibility index (Phi) is 5.97. The van der Waals surface area contributed by atoms with Crippen LogP contribution in [-0.2, 0) is 6.42 Å². The van der Waals surface area contributed by atoms with E-state index in [-0.39, 0.29) is 0 Å². The summed E-state index contributed by atoms with van der Waals surface area (Å²) in [6, 6.07) is 6.96. The van der Waals surface area contributed by atoms with Gasteiger partial charge in [0.15, 0.2) is 0 Å². The van der Waals surface area contributed by atoms with Crippen LogP contribution in [0.3, 0.4) is 0 Å². The van der Waals surface area contributed by atoms with Crippen LogP contribution in [0.1, 0.15) is 35.2 Å². The Bertz CT molecular complexity index is 603. The second kappa shape index (κ2) is 7.52. The summed E-state index contributed by atoms with van der Waals surface area (Å²) in [4.78, 5) is 4.26. The van der Waals surface area contributed by atoms with Crippen LogP contribution in [0.2, 0.25) is 0 Å². The first kappa shape index (κ1) is 16.7. The molecule has 0 aliphatic rings. The molecule has 4 heteroatoms. The SMILES string of the molecule is CCNC(Cc1cncc(Br)c1)c1cc(C)c(Br)c(C)c1. The van der Waals surface area contributed by atoms with Crippen LogP contribution in [0.5, 0.6) is 0 Å². The van der Waals surface area contributed by atoms with Crippen LogP contribution < -0.4 is 5.32 Å². The van der Waals surface area contributed by atoms with Crippen molar-refractivity contribution in [2.45, 2.75) is 33.2 Å². The van der Waals surface area contributed by atoms with Gasteiger partial charge in [-0.3, -0.25) is 4.98 Å². The van der Waals surface area contributed by atoms with E-state index in [0.29, 0.717) is 6.04 Å². The highest BCUT2D eigenvalue weighted by Gasteiger charge is 2.14. The predicted octanol–water partition coefficient (Wildman–Crippen LogP) is 5.12. The molecule has 112 valence electrons. The number of likely N-dealkylation sites (N-methyl/N-ethyl adjacent to an activating group) is 1. The minimum Gasteiger partial charge on any atom is -0.310 e. The number of nitrogens with one attached hydrogen (secondary N) is 1. The molecule has 1 atom stereocenters. The number of hydrogen-bond acceptors (Lipinski definition) is 2. The first-order valence-corrected chi connectivity index (χ1v) is 8.69. The zero-order valence-corrected chi connectivity index (χ0v) is 15.8. The molecule has 0 saturated carbocycles. The highest BCUT2D eigenvalue weighted by Crippen LogP contribution is 2.27. The number of benzene rings is 1. The second-order valence-corrected chi connectivity index (χ2v) is 7.00. The lowest BCUT2D eigenvalue weighted by Gasteiger charge is -2.20. The molecule has 1 unspecified atom stereocenters. The largest absolute Gasteiger partial charge is 0.310 e. The average Bonchev–Trinajstić information content (AvgIpc) is 2.44. The molecule has 0 bridgehead atoms. The Morgan fingerprint density at radius 2 is 1.76 bits per heavy atom. The molecular formula is C17H20Br2N2. The molecule has 2 nitrogen and oxygen atoms in total. The Balaban J connectivity index is 2.30. The van der Waals surface area contributed by atoms with Crippen molar-refractivity contribution in [1.29, 1.82) is 0 Å². The average molecular weight is 412 g/mol. The number of aromatic nitrogens is 1. The van der Waals surface area contributed by atoms with E-state index in [2.05, 4.69) is 81.1 Å². The predicted molar refractivity (Wildman–Crippen MR) is 95.7 cm³/mol. The highest BCUT2D eigenvalue weighted by molar-refractivity contribution is 9.10. The summed E-state index contributed by atoms with van der Waals surface area (Å²) in [7, 11) is 0. The molecule has 2 rings (SSSR count). The molecule has 0 aliphatic carbocycles. The van der Waals surface area contributed by atoms with Crippen LogP contribution in [-0.4, -0.2) is 11.5 Å². The molecule has 2 aromatic rings. The molecule has 0 fully saturated rings. The van der Waals surface area contributed by atoms with Crippen molar-refractivity contribution in [3.8, 4) is 0 Å². The normalized spacial score (nSPS) is 12.4. The molecule has 21 heavy (non-hydrogen) atoms. The summed E-state index contributed by atoms with van der Waals surface area (Å²) in [5.41, 5.74) is 5.11. The third-order valence-corrected chi connectivity index (χ3v) is 5.20. The monoisotopic (exact) mass is 410 g/mol. The number of rotatable bonds is 5. The van der Waals surface area contributed by atoms with Gasteiger partial charge in [0.25, 0.3) is 0 Å². The van der Waals surface area contributed by atoms with E-state index in [1.165, 1.54) is 26.7 Å². The Morgan fingerprint density at radius 3 is 2.33 bits per heavy atom. The molecule has 1 N–H and O–H groups in total. The molecule has 0 saturated heterocycles. The number of nitrogens with zero attached hydrogens (tertiary/aromatic N) is 1. The first-order chi connectivity index (χ1) is 10.0. The number of hydrogen-bond donors (Lipinski definition) is 1. The Labute approximate surface area is 143 Å². The van der Waals surface area contributed by atoms with E-state index in [1.807, 2.05) is 12.4 Å². The molecule has 1 heterocycles. The fraction of sp³-hybridized carbons (Fsp3) is 0.353. The number of aryl methyl sites for hydroxylation is 2. The summed E-state index contributed by atoms with van der Waals surface area (Å²) < 4.78 is 2.23. The lowest BCUT2D eigenvalue weighted by Crippen LogP contribution is -2.23. The fourth-order valence-corrected chi connectivity index (χ4v) is 3.18. The van der Waals surface area contributed by atoms with Crippen LogP contribution in [0.4, 0.5) is 0 Å². The van der Waals surface area contributed by atoms with Gasteiger partial charge < -0.3 is 5.32 Å². The molecule has 0 radical (unpaired) electrons. The summed E-state index contributed by atoms with van der Waals surface area (Å²) in [5.74, 6) is 0. The van der Waals surface area contributed by atoms with Gasteiger partial charge in [-0.1, -0.05) is 35.0 Å². The summed E-state index contributed by atoms with van der Waals surface area (Å²) in [6.07, 6.45) is 4.69. The fourth-order valence-electron chi connectivity index (χ4n) is 2.54. The molecule has 1 aromatic carbocycles. The Hall–Kier alpha value is -0.710. The third kappa shape index (κ3) is 4.38. The molecule has 0 amide bonds. The maximum Gasteiger partial charge on any atom is 0.0410 e. The zero-order chi connectivity index (χ0) is 15.4. The lowest BCUT2D eigenvalue weighted by atomic mass is 9.96. The van der Waals surface area contributed by atoms with Crippen LogP contribution in [0.15, 0.2) is 39.5 Å². The maximum absolute atomic E-state index is 4.26. The van der Waals surface area contributed by atoms with E-state index in [0.717, 1.165) is 17.4 Å². The maximum atomic E-state index is 4.26. The van der Waals surface area contributed by atoms with Gasteiger partial charge in [-0.2, -0.15) is 0 Å². The molecule has 0 spiro atoms. The van der Waals surface area contributed by atoms with Crippen LogP contribution in [0.25, 0.3) is 0 Å². The van der Waals surface area contributed by atoms with E-state index < -0.39 is 0 Å². The van der Waals surface area contributed by atoms with Crippen molar-refractivity contribution in [2.75, 3.05) is 6.54 Å². The zero-order valence-electron chi connectivity index (χ0n) is 12.6. The number of halogens is 2. The Morgan fingerprint density at radius 1 is 1.10 bits per heavy atom. The summed E-state index contributed by atoms with van der Waals surface area (Å²) >= 11 is 7.13. The third-order valence-electron chi connectivity index (χ3n) is 3.51. The summed E-state index contributed by atoms with van der Waals surface area (Å²) in [6.45, 7) is 7.37. The first-order valence-electron chi connectivity index (χ1n) is 7.10. The standard InChI is InChI=1S/C17H20Br2N2/c1-4-21-16(8-13-7-15(18)10-20-9-13)14-5-11(2)17(19)12(3)6-14/h5-7,9-10,16,21H,4,8H2,1-3H3. The van der Waals surface area contributed by atoms with Crippen molar-refractivity contribution in [3.05, 3.63) is 61.8 Å². The van der Waals surface area contributed by atoms with Gasteiger partial charge in [0, 0.05) is 27.4 Å². The van der Waals surface area contributed by atoms with Gasteiger partial charge >= 0.3 is 0 Å². The van der Waals surface area contributed by atoms with Crippen molar-refractivity contribution in [2.24, 2.45) is 0 Å². The van der Waals surface area contributed by atoms with E-state index in [9.17, 15) is 0 Å². The lowest BCUT2D eigenvalue weighted by molar-refractivity contribution is 0.548. The quantitative estimate of drug-likeness (QED) is 0.738. The molecule has 0 aliphatic heterocycles. The van der Waals surface area contributed by atoms with Crippen molar-refractivity contribution < 1.29 is 0 Å². The van der Waals surface area contributed by atoms with Crippen LogP contribution in [0, 0.1) is 13.8 Å². The minimum atomic E-state index is 0.302. The van der Waals surface area contributed by atoms with E-state index >= 15 is 0 Å². The van der Waals surface area contributed by atoms with Crippen LogP contribution >= 0.6 is 31.9 Å². The topological polar surface area (TPSA) is 24.9 Å². The summed E-state index contributed by atoms with van der Waals surface area (Å²) in [5, 5.41) is 3.58. The molecular weight excluding hydrogens is 392 g/mol. The van der Waals surface area contributed by atoms with Crippen molar-refractivity contribution in [3.63, 3.8) is 0 Å². The van der Waals surface area contributed by atoms with Crippen molar-refractivity contribution >= 4 is 31.9 Å². The van der Waals surface area contributed by atoms with Gasteiger partial charge in [0.05, 0.1) is 0 Å². The van der Waals surface area contributed by atoms with Gasteiger partial charge in [0.2, 0.25) is 0 Å². The van der Waals surface area contributed by atoms with Gasteiger partial charge in [-0.05, 0) is 71.1 Å². The second-order valence-electron chi connectivity index (χ2n) is 5.29. The van der Waals surface area contributed by atoms with Crippen molar-refractivity contribution in [1.82, 2.24) is 10.3 Å². The van der Waals surface area contributed by atoms with Gasteiger partial charge in [0.1, 0.15) is 0 Å². The smallest absolute Gasteiger partial charge is 0.0410 e. The number of pyridine rings is 1. The highest BCUT2D eigenvalue weighted by atomic mass is 79.9. The van der Waals surface area contributed by atoms with Gasteiger partial charge in [-0.15, -0.1) is 0 Å². The van der Waals surface area contributed by atoms with E-state index in [4.69, 9.17) is 0 Å². The van der Waals surface area contributed by atoms with E-state index in [1.54, 1.807) is 0 Å².